The smallest absolute Gasteiger partial charge is 0.265 e. The van der Waals surface area contributed by atoms with Gasteiger partial charge < -0.3 is 13.8 Å². The molecule has 0 heterocycles. The highest BCUT2D eigenvalue weighted by molar-refractivity contribution is 7.44. The maximum Gasteiger partial charge on any atom is 0.265 e. The first-order valence-electron chi connectivity index (χ1n) is 15.4. The number of nitrogens with zero attached hydrogens (tertiary/aromatic N) is 2. The molecule has 1 unspecified atom stereocenters. The van der Waals surface area contributed by atoms with Gasteiger partial charge in [0.25, 0.3) is 14.4 Å². The molecular weight excluding hydrogens is 595 g/mol. The van der Waals surface area contributed by atoms with Crippen LogP contribution in [0.5, 0.6) is 5.75 Å². The molecular formula is C37H43N4O4P. The molecule has 46 heavy (non-hydrogen) atoms. The third-order valence-corrected chi connectivity index (χ3v) is 9.57. The lowest BCUT2D eigenvalue weighted by atomic mass is 9.77. The van der Waals surface area contributed by atoms with Gasteiger partial charge in [-0.05, 0) is 74.2 Å². The molecule has 9 heteroatoms. The Morgan fingerprint density at radius 3 is 1.85 bits per heavy atom. The van der Waals surface area contributed by atoms with Crippen LogP contribution in [0.15, 0.2) is 109 Å². The maximum atomic E-state index is 13.6. The Balaban J connectivity index is 1.55. The molecule has 0 aliphatic rings. The minimum absolute atomic E-state index is 0.212. The zero-order valence-electron chi connectivity index (χ0n) is 27.1. The van der Waals surface area contributed by atoms with E-state index in [0.717, 1.165) is 28.0 Å². The number of rotatable bonds is 16. The second-order valence-corrected chi connectivity index (χ2v) is 12.8. The minimum atomic E-state index is -1.36. The molecule has 4 aromatic rings. The van der Waals surface area contributed by atoms with Gasteiger partial charge in [-0.15, -0.1) is 0 Å². The number of methoxy groups -OCH3 is 1. The van der Waals surface area contributed by atoms with Crippen molar-refractivity contribution in [2.75, 3.05) is 13.7 Å². The van der Waals surface area contributed by atoms with Crippen molar-refractivity contribution in [3.05, 3.63) is 137 Å². The molecule has 0 saturated heterocycles. The highest BCUT2D eigenvalue weighted by atomic mass is 31.2. The van der Waals surface area contributed by atoms with Crippen LogP contribution >= 0.6 is 8.53 Å². The summed E-state index contributed by atoms with van der Waals surface area (Å²) in [6.07, 6.45) is 0.304. The van der Waals surface area contributed by atoms with Crippen molar-refractivity contribution in [1.29, 1.82) is 5.26 Å². The molecule has 240 valence electrons. The van der Waals surface area contributed by atoms with E-state index in [1.165, 1.54) is 0 Å². The lowest BCUT2D eigenvalue weighted by Gasteiger charge is -2.37. The number of hydrogen-bond donors (Lipinski definition) is 2. The van der Waals surface area contributed by atoms with Crippen LogP contribution in [0.4, 0.5) is 0 Å². The lowest BCUT2D eigenvalue weighted by molar-refractivity contribution is 0.0918. The minimum Gasteiger partial charge on any atom is -0.497 e. The molecule has 0 aromatic heterocycles. The van der Waals surface area contributed by atoms with Gasteiger partial charge in [0.15, 0.2) is 0 Å². The predicted octanol–water partition coefficient (Wildman–Crippen LogP) is 7.71. The largest absolute Gasteiger partial charge is 0.497 e. The molecule has 1 amide bonds. The Labute approximate surface area is 274 Å². The van der Waals surface area contributed by atoms with Crippen LogP contribution in [0.2, 0.25) is 0 Å². The van der Waals surface area contributed by atoms with E-state index in [1.807, 2.05) is 97.1 Å². The van der Waals surface area contributed by atoms with Crippen LogP contribution in [0.1, 0.15) is 66.7 Å². The Morgan fingerprint density at radius 1 is 0.804 bits per heavy atom. The number of ether oxygens (including phenoxy) is 1. The summed E-state index contributed by atoms with van der Waals surface area (Å²) < 4.78 is 19.9. The third kappa shape index (κ3) is 8.58. The zero-order valence-corrected chi connectivity index (χ0v) is 28.0. The fourth-order valence-electron chi connectivity index (χ4n) is 5.35. The second-order valence-electron chi connectivity index (χ2n) is 11.3. The summed E-state index contributed by atoms with van der Waals surface area (Å²) in [4.78, 5) is 13.6. The summed E-state index contributed by atoms with van der Waals surface area (Å²) in [7, 11) is 0.279. The maximum absolute atomic E-state index is 13.6. The Morgan fingerprint density at radius 2 is 1.35 bits per heavy atom. The number of hydrazine groups is 1. The summed E-state index contributed by atoms with van der Waals surface area (Å²) in [6, 6.07) is 37.8. The van der Waals surface area contributed by atoms with Crippen LogP contribution < -0.4 is 15.6 Å². The molecule has 0 bridgehead atoms. The van der Waals surface area contributed by atoms with Gasteiger partial charge in [0.05, 0.1) is 32.8 Å². The Kier molecular flexibility index (Phi) is 12.9. The van der Waals surface area contributed by atoms with E-state index in [9.17, 15) is 4.79 Å². The van der Waals surface area contributed by atoms with Gasteiger partial charge >= 0.3 is 0 Å². The molecule has 0 aliphatic heterocycles. The van der Waals surface area contributed by atoms with Crippen molar-refractivity contribution < 1.29 is 18.6 Å². The van der Waals surface area contributed by atoms with Gasteiger partial charge in [-0.3, -0.25) is 10.2 Å². The standard InChI is InChI=1S/C37H43N4O4P/c1-28(2)41(29(3)4)46(44-26-12-25-38)45-27-30-17-19-31(20-18-30)36(42)39-40-37(32-13-8-6-9-14-32,33-15-10-7-11-16-33)34-21-23-35(43-5)24-22-34/h6-11,13-24,28-29,40H,12,26-27H2,1-5H3,(H,39,42). The predicted molar refractivity (Wildman–Crippen MR) is 183 cm³/mol. The van der Waals surface area contributed by atoms with Gasteiger partial charge in [0, 0.05) is 17.6 Å². The molecule has 2 N–H and O–H groups in total. The number of carbonyl (C=O) groups excluding carboxylic acids is 1. The first-order chi connectivity index (χ1) is 22.3. The fourth-order valence-corrected chi connectivity index (χ4v) is 6.95. The fraction of sp³-hybridized carbons (Fsp3) is 0.297. The highest BCUT2D eigenvalue weighted by Crippen LogP contribution is 2.46. The average Bonchev–Trinajstić information content (AvgIpc) is 3.08. The topological polar surface area (TPSA) is 95.9 Å². The van der Waals surface area contributed by atoms with Crippen LogP contribution in [0.3, 0.4) is 0 Å². The lowest BCUT2D eigenvalue weighted by Crippen LogP contribution is -2.53. The van der Waals surface area contributed by atoms with Crippen molar-refractivity contribution in [3.63, 3.8) is 0 Å². The van der Waals surface area contributed by atoms with E-state index < -0.39 is 14.1 Å². The van der Waals surface area contributed by atoms with E-state index in [2.05, 4.69) is 49.3 Å². The quantitative estimate of drug-likeness (QED) is 0.0562. The van der Waals surface area contributed by atoms with Crippen molar-refractivity contribution in [1.82, 2.24) is 15.5 Å². The molecule has 0 fully saturated rings. The van der Waals surface area contributed by atoms with E-state index >= 15 is 0 Å². The Bertz CT molecular complexity index is 1500. The van der Waals surface area contributed by atoms with Gasteiger partial charge in [-0.1, -0.05) is 84.9 Å². The average molecular weight is 639 g/mol. The van der Waals surface area contributed by atoms with Gasteiger partial charge in [-0.25, -0.2) is 10.1 Å². The molecule has 1 atom stereocenters. The zero-order chi connectivity index (χ0) is 32.9. The number of benzene rings is 4. The van der Waals surface area contributed by atoms with E-state index in [4.69, 9.17) is 19.0 Å². The SMILES string of the molecule is COc1ccc(C(NNC(=O)c2ccc(COP(OCCC#N)N(C(C)C)C(C)C)cc2)(c2ccccc2)c2ccccc2)cc1. The molecule has 4 rings (SSSR count). The summed E-state index contributed by atoms with van der Waals surface area (Å²) in [5.41, 5.74) is 9.80. The normalized spacial score (nSPS) is 12.2. The van der Waals surface area contributed by atoms with Gasteiger partial charge in [-0.2, -0.15) is 5.26 Å². The summed E-state index contributed by atoms with van der Waals surface area (Å²) in [5.74, 6) is 0.472. The molecule has 0 saturated carbocycles. The van der Waals surface area contributed by atoms with Crippen molar-refractivity contribution >= 4 is 14.4 Å². The second kappa shape index (κ2) is 17.0. The summed E-state index contributed by atoms with van der Waals surface area (Å²) in [5, 5.41) is 8.97. The third-order valence-electron chi connectivity index (χ3n) is 7.52. The highest BCUT2D eigenvalue weighted by Gasteiger charge is 2.37. The van der Waals surface area contributed by atoms with Crippen LogP contribution in [0, 0.1) is 11.3 Å². The summed E-state index contributed by atoms with van der Waals surface area (Å²) in [6.45, 7) is 9.05. The Hall–Kier alpha value is -4.09. The monoisotopic (exact) mass is 638 g/mol. The molecule has 8 nitrogen and oxygen atoms in total. The number of nitrogens with one attached hydrogen (secondary N) is 2. The molecule has 4 aromatic carbocycles. The van der Waals surface area contributed by atoms with Crippen molar-refractivity contribution in [3.8, 4) is 11.8 Å². The van der Waals surface area contributed by atoms with Crippen molar-refractivity contribution in [2.45, 2.75) is 58.3 Å². The number of amides is 1. The van der Waals surface area contributed by atoms with Crippen molar-refractivity contribution in [2.24, 2.45) is 0 Å². The van der Waals surface area contributed by atoms with E-state index in [-0.39, 0.29) is 18.0 Å². The summed E-state index contributed by atoms with van der Waals surface area (Å²) >= 11 is 0. The first kappa shape index (κ1) is 34.8. The van der Waals surface area contributed by atoms with Crippen LogP contribution in [-0.4, -0.2) is 36.4 Å². The van der Waals surface area contributed by atoms with Gasteiger partial charge in [0.2, 0.25) is 0 Å². The number of nitriles is 1. The first-order valence-corrected chi connectivity index (χ1v) is 16.6. The van der Waals surface area contributed by atoms with Crippen LogP contribution in [-0.2, 0) is 21.2 Å². The van der Waals surface area contributed by atoms with Crippen LogP contribution in [0.25, 0.3) is 0 Å². The molecule has 0 aliphatic carbocycles. The van der Waals surface area contributed by atoms with Gasteiger partial charge in [0.1, 0.15) is 11.3 Å². The number of hydrogen-bond acceptors (Lipinski definition) is 7. The molecule has 0 radical (unpaired) electrons. The molecule has 0 spiro atoms. The van der Waals surface area contributed by atoms with E-state index in [1.54, 1.807) is 19.2 Å². The number of carbonyl (C=O) groups is 1. The van der Waals surface area contributed by atoms with E-state index in [0.29, 0.717) is 25.2 Å².